The van der Waals surface area contributed by atoms with Gasteiger partial charge >= 0.3 is 0 Å². The van der Waals surface area contributed by atoms with Gasteiger partial charge in [-0.15, -0.1) is 0 Å². The Hall–Kier alpha value is 0. The molecule has 0 rings (SSSR count). The van der Waals surface area contributed by atoms with Crippen molar-refractivity contribution in [3.63, 3.8) is 0 Å². The maximum absolute atomic E-state index is 2.48. The van der Waals surface area contributed by atoms with Gasteiger partial charge in [-0.1, -0.05) is 60.3 Å². The molecule has 0 aliphatic heterocycles. The lowest BCUT2D eigenvalue weighted by Crippen LogP contribution is -2.23. The molecule has 0 aliphatic rings. The Balaban J connectivity index is 4.00. The molecule has 0 radical (unpaired) electrons. The monoisotopic (exact) mass is 184 g/mol. The fraction of sp³-hybridized carbons (Fsp3) is 1.00. The molecule has 0 saturated heterocycles. The zero-order chi connectivity index (χ0) is 10.3. The molecule has 0 unspecified atom stereocenters. The summed E-state index contributed by atoms with van der Waals surface area (Å²) >= 11 is 0. The highest BCUT2D eigenvalue weighted by molar-refractivity contribution is 4.77. The van der Waals surface area contributed by atoms with Crippen molar-refractivity contribution in [3.05, 3.63) is 0 Å². The minimum atomic E-state index is 0.603. The summed E-state index contributed by atoms with van der Waals surface area (Å²) in [5.41, 5.74) is 0.603. The second-order valence-electron chi connectivity index (χ2n) is 5.02. The first-order valence-corrected chi connectivity index (χ1v) is 6.06. The van der Waals surface area contributed by atoms with Crippen molar-refractivity contribution in [2.24, 2.45) is 11.3 Å². The maximum Gasteiger partial charge on any atom is -0.0303 e. The number of hydrogen-bond donors (Lipinski definition) is 0. The largest absolute Gasteiger partial charge is 0.0654 e. The summed E-state index contributed by atoms with van der Waals surface area (Å²) in [5, 5.41) is 0. The Morgan fingerprint density at radius 1 is 0.923 bits per heavy atom. The van der Waals surface area contributed by atoms with Crippen LogP contribution in [0.2, 0.25) is 0 Å². The quantitative estimate of drug-likeness (QED) is 0.520. The van der Waals surface area contributed by atoms with E-state index in [1.54, 1.807) is 0 Å². The van der Waals surface area contributed by atoms with E-state index < -0.39 is 0 Å². The van der Waals surface area contributed by atoms with Crippen LogP contribution in [-0.2, 0) is 0 Å². The van der Waals surface area contributed by atoms with Crippen LogP contribution in [-0.4, -0.2) is 0 Å². The van der Waals surface area contributed by atoms with Crippen LogP contribution in [0.3, 0.4) is 0 Å². The zero-order valence-corrected chi connectivity index (χ0v) is 10.3. The highest BCUT2D eigenvalue weighted by Crippen LogP contribution is 2.37. The van der Waals surface area contributed by atoms with Crippen LogP contribution in [0.25, 0.3) is 0 Å². The van der Waals surface area contributed by atoms with Crippen LogP contribution in [0.1, 0.15) is 73.1 Å². The van der Waals surface area contributed by atoms with Gasteiger partial charge in [0.05, 0.1) is 0 Å². The molecular formula is C13H28. The first kappa shape index (κ1) is 13.0. The molecule has 0 aromatic rings. The van der Waals surface area contributed by atoms with Gasteiger partial charge in [-0.3, -0.25) is 0 Å². The third-order valence-corrected chi connectivity index (χ3v) is 3.60. The molecule has 0 aromatic carbocycles. The lowest BCUT2D eigenvalue weighted by Gasteiger charge is -2.34. The minimum absolute atomic E-state index is 0.603. The Morgan fingerprint density at radius 3 is 1.54 bits per heavy atom. The molecule has 0 spiro atoms. The minimum Gasteiger partial charge on any atom is -0.0654 e. The summed E-state index contributed by atoms with van der Waals surface area (Å²) in [7, 11) is 0. The van der Waals surface area contributed by atoms with Gasteiger partial charge in [0.15, 0.2) is 0 Å². The van der Waals surface area contributed by atoms with E-state index in [0.717, 1.165) is 5.92 Å². The molecule has 0 bridgehead atoms. The Labute approximate surface area is 85.1 Å². The zero-order valence-electron chi connectivity index (χ0n) is 10.3. The van der Waals surface area contributed by atoms with Gasteiger partial charge in [-0.25, -0.2) is 0 Å². The molecule has 0 heteroatoms. The van der Waals surface area contributed by atoms with E-state index in [1.165, 1.54) is 38.5 Å². The van der Waals surface area contributed by atoms with Crippen molar-refractivity contribution < 1.29 is 0 Å². The third-order valence-electron chi connectivity index (χ3n) is 3.60. The summed E-state index contributed by atoms with van der Waals surface area (Å²) in [6, 6.07) is 0. The van der Waals surface area contributed by atoms with Crippen molar-refractivity contribution in [3.8, 4) is 0 Å². The van der Waals surface area contributed by atoms with Gasteiger partial charge in [0.1, 0.15) is 0 Å². The molecule has 0 atom stereocenters. The van der Waals surface area contributed by atoms with Crippen molar-refractivity contribution in [2.45, 2.75) is 73.1 Å². The summed E-state index contributed by atoms with van der Waals surface area (Å²) in [6.07, 6.45) is 8.32. The molecule has 0 N–H and O–H groups in total. The highest BCUT2D eigenvalue weighted by atomic mass is 14.3. The van der Waals surface area contributed by atoms with Crippen molar-refractivity contribution in [2.75, 3.05) is 0 Å². The number of rotatable bonds is 7. The SMILES string of the molecule is CCCCC(C)(CCCC)C(C)C. The highest BCUT2D eigenvalue weighted by Gasteiger charge is 2.26. The van der Waals surface area contributed by atoms with E-state index in [0.29, 0.717) is 5.41 Å². The molecule has 0 aromatic heterocycles. The van der Waals surface area contributed by atoms with E-state index in [4.69, 9.17) is 0 Å². The number of hydrogen-bond acceptors (Lipinski definition) is 0. The fourth-order valence-electron chi connectivity index (χ4n) is 1.86. The third kappa shape index (κ3) is 4.69. The van der Waals surface area contributed by atoms with Gasteiger partial charge in [-0.05, 0) is 24.2 Å². The molecule has 0 heterocycles. The molecular weight excluding hydrogens is 156 g/mol. The summed E-state index contributed by atoms with van der Waals surface area (Å²) < 4.78 is 0. The van der Waals surface area contributed by atoms with Crippen molar-refractivity contribution in [1.29, 1.82) is 0 Å². The first-order valence-electron chi connectivity index (χ1n) is 6.06. The van der Waals surface area contributed by atoms with E-state index in [9.17, 15) is 0 Å². The average molecular weight is 184 g/mol. The lowest BCUT2D eigenvalue weighted by molar-refractivity contribution is 0.171. The Morgan fingerprint density at radius 2 is 1.31 bits per heavy atom. The summed E-state index contributed by atoms with van der Waals surface area (Å²) in [6.45, 7) is 11.8. The molecule has 0 saturated carbocycles. The second-order valence-corrected chi connectivity index (χ2v) is 5.02. The van der Waals surface area contributed by atoms with E-state index >= 15 is 0 Å². The van der Waals surface area contributed by atoms with Crippen LogP contribution in [0.4, 0.5) is 0 Å². The van der Waals surface area contributed by atoms with E-state index in [2.05, 4.69) is 34.6 Å². The van der Waals surface area contributed by atoms with E-state index in [1.807, 2.05) is 0 Å². The Bertz CT molecular complexity index is 105. The molecule has 0 nitrogen and oxygen atoms in total. The van der Waals surface area contributed by atoms with Gasteiger partial charge in [0.25, 0.3) is 0 Å². The first-order chi connectivity index (χ1) is 6.06. The van der Waals surface area contributed by atoms with Crippen LogP contribution < -0.4 is 0 Å². The normalized spacial score (nSPS) is 12.5. The number of unbranched alkanes of at least 4 members (excludes halogenated alkanes) is 2. The lowest BCUT2D eigenvalue weighted by atomic mass is 9.72. The van der Waals surface area contributed by atoms with Crippen LogP contribution in [0, 0.1) is 11.3 Å². The Kier molecular flexibility index (Phi) is 6.45. The standard InChI is InChI=1S/C13H28/c1-6-8-10-13(5,12(3)4)11-9-7-2/h12H,6-11H2,1-5H3. The predicted molar refractivity (Wildman–Crippen MR) is 62.0 cm³/mol. The van der Waals surface area contributed by atoms with Gasteiger partial charge < -0.3 is 0 Å². The summed E-state index contributed by atoms with van der Waals surface area (Å²) in [5.74, 6) is 0.839. The van der Waals surface area contributed by atoms with E-state index in [-0.39, 0.29) is 0 Å². The fourth-order valence-corrected chi connectivity index (χ4v) is 1.86. The molecule has 80 valence electrons. The average Bonchev–Trinajstić information content (AvgIpc) is 2.11. The van der Waals surface area contributed by atoms with Gasteiger partial charge in [0, 0.05) is 0 Å². The van der Waals surface area contributed by atoms with Gasteiger partial charge in [-0.2, -0.15) is 0 Å². The molecule has 0 aliphatic carbocycles. The maximum atomic E-state index is 2.48. The van der Waals surface area contributed by atoms with Crippen LogP contribution in [0.5, 0.6) is 0 Å². The summed E-state index contributed by atoms with van der Waals surface area (Å²) in [4.78, 5) is 0. The second kappa shape index (κ2) is 6.45. The topological polar surface area (TPSA) is 0 Å². The molecule has 13 heavy (non-hydrogen) atoms. The van der Waals surface area contributed by atoms with Gasteiger partial charge in [0.2, 0.25) is 0 Å². The van der Waals surface area contributed by atoms with Crippen molar-refractivity contribution >= 4 is 0 Å². The van der Waals surface area contributed by atoms with Crippen LogP contribution >= 0.6 is 0 Å². The predicted octanol–water partition coefficient (Wildman–Crippen LogP) is 5.03. The smallest absolute Gasteiger partial charge is 0.0303 e. The molecule has 0 amide bonds. The van der Waals surface area contributed by atoms with Crippen LogP contribution in [0.15, 0.2) is 0 Å². The van der Waals surface area contributed by atoms with Crippen molar-refractivity contribution in [1.82, 2.24) is 0 Å². The molecule has 0 fully saturated rings.